The molecule has 134 valence electrons. The highest BCUT2D eigenvalue weighted by molar-refractivity contribution is 6.32. The summed E-state index contributed by atoms with van der Waals surface area (Å²) < 4.78 is 10.2. The van der Waals surface area contributed by atoms with Crippen LogP contribution in [0.15, 0.2) is 36.4 Å². The molecule has 1 N–H and O–H groups in total. The van der Waals surface area contributed by atoms with Gasteiger partial charge in [-0.05, 0) is 18.2 Å². The van der Waals surface area contributed by atoms with Gasteiger partial charge in [-0.1, -0.05) is 28.8 Å². The average molecular weight is 377 g/mol. The van der Waals surface area contributed by atoms with Crippen molar-refractivity contribution in [2.75, 3.05) is 19.5 Å². The summed E-state index contributed by atoms with van der Waals surface area (Å²) in [7, 11) is 2.83. The number of methoxy groups -OCH3 is 2. The molecule has 0 bridgehead atoms. The van der Waals surface area contributed by atoms with Crippen LogP contribution in [-0.4, -0.2) is 37.2 Å². The van der Waals surface area contributed by atoms with Gasteiger partial charge in [-0.3, -0.25) is 14.9 Å². The molecule has 3 rings (SSSR count). The van der Waals surface area contributed by atoms with Crippen molar-refractivity contribution in [3.63, 3.8) is 0 Å². The summed E-state index contributed by atoms with van der Waals surface area (Å²) >= 11 is 6.03. The maximum Gasteiger partial charge on any atom is 0.436 e. The molecule has 0 aromatic heterocycles. The van der Waals surface area contributed by atoms with Gasteiger partial charge < -0.3 is 14.3 Å². The molecule has 2 aromatic carbocycles. The number of benzene rings is 2. The second-order valence-electron chi connectivity index (χ2n) is 5.14. The lowest BCUT2D eigenvalue weighted by Crippen LogP contribution is -2.34. The SMILES string of the molecule is COc1cc(OC)c(NC(=O)ON2C(=O)c3ccccc3C2=O)cc1Cl. The van der Waals surface area contributed by atoms with Crippen molar-refractivity contribution in [2.24, 2.45) is 0 Å². The Kier molecular flexibility index (Phi) is 4.68. The van der Waals surface area contributed by atoms with Crippen LogP contribution in [0.1, 0.15) is 20.7 Å². The van der Waals surface area contributed by atoms with E-state index in [4.69, 9.17) is 25.9 Å². The van der Waals surface area contributed by atoms with Crippen LogP contribution in [0, 0.1) is 0 Å². The van der Waals surface area contributed by atoms with Gasteiger partial charge in [0.15, 0.2) is 0 Å². The number of amides is 3. The average Bonchev–Trinajstić information content (AvgIpc) is 2.87. The molecule has 0 saturated carbocycles. The summed E-state index contributed by atoms with van der Waals surface area (Å²) in [6.45, 7) is 0. The Bertz CT molecular complexity index is 879. The Morgan fingerprint density at radius 2 is 1.58 bits per heavy atom. The maximum atomic E-state index is 12.2. The highest BCUT2D eigenvalue weighted by Crippen LogP contribution is 2.36. The van der Waals surface area contributed by atoms with Crippen LogP contribution in [-0.2, 0) is 4.84 Å². The van der Waals surface area contributed by atoms with Gasteiger partial charge in [0.25, 0.3) is 11.8 Å². The number of hydroxylamine groups is 2. The van der Waals surface area contributed by atoms with Crippen molar-refractivity contribution < 1.29 is 28.7 Å². The molecule has 1 aliphatic rings. The molecule has 1 heterocycles. The number of fused-ring (bicyclic) bond motifs is 1. The summed E-state index contributed by atoms with van der Waals surface area (Å²) in [5, 5.41) is 3.00. The van der Waals surface area contributed by atoms with Gasteiger partial charge in [-0.2, -0.15) is 0 Å². The van der Waals surface area contributed by atoms with E-state index in [-0.39, 0.29) is 27.6 Å². The van der Waals surface area contributed by atoms with E-state index < -0.39 is 17.9 Å². The van der Waals surface area contributed by atoms with Crippen molar-refractivity contribution in [1.82, 2.24) is 5.06 Å². The van der Waals surface area contributed by atoms with E-state index >= 15 is 0 Å². The Morgan fingerprint density at radius 3 is 2.12 bits per heavy atom. The molecule has 9 heteroatoms. The standard InChI is InChI=1S/C17H13ClN2O6/c1-24-13-8-14(25-2)12(7-11(13)18)19-17(23)26-20-15(21)9-5-3-4-6-10(9)16(20)22/h3-8H,1-2H3,(H,19,23). The van der Waals surface area contributed by atoms with E-state index in [0.717, 1.165) is 0 Å². The molecule has 0 unspecified atom stereocenters. The third-order valence-electron chi connectivity index (χ3n) is 3.64. The van der Waals surface area contributed by atoms with Crippen molar-refractivity contribution in [3.8, 4) is 11.5 Å². The van der Waals surface area contributed by atoms with E-state index in [1.54, 1.807) is 12.1 Å². The minimum atomic E-state index is -1.06. The number of ether oxygens (including phenoxy) is 2. The quantitative estimate of drug-likeness (QED) is 0.824. The number of halogens is 1. The molecular formula is C17H13ClN2O6. The number of hydrogen-bond donors (Lipinski definition) is 1. The number of nitrogens with one attached hydrogen (secondary N) is 1. The highest BCUT2D eigenvalue weighted by atomic mass is 35.5. The predicted molar refractivity (Wildman–Crippen MR) is 91.6 cm³/mol. The van der Waals surface area contributed by atoms with E-state index in [2.05, 4.69) is 5.32 Å². The number of carbonyl (C=O) groups is 3. The Labute approximate surface area is 153 Å². The summed E-state index contributed by atoms with van der Waals surface area (Å²) in [5.41, 5.74) is 0.505. The molecule has 0 atom stereocenters. The van der Waals surface area contributed by atoms with Crippen LogP contribution in [0.4, 0.5) is 10.5 Å². The molecule has 0 saturated heterocycles. The Hall–Kier alpha value is -3.26. The minimum Gasteiger partial charge on any atom is -0.495 e. The fourth-order valence-corrected chi connectivity index (χ4v) is 2.66. The topological polar surface area (TPSA) is 94.2 Å². The Morgan fingerprint density at radius 1 is 1.00 bits per heavy atom. The molecule has 3 amide bonds. The van der Waals surface area contributed by atoms with Crippen molar-refractivity contribution >= 4 is 35.2 Å². The Balaban J connectivity index is 1.77. The van der Waals surface area contributed by atoms with Crippen LogP contribution >= 0.6 is 11.6 Å². The van der Waals surface area contributed by atoms with E-state index in [1.165, 1.54) is 38.5 Å². The van der Waals surface area contributed by atoms with Crippen LogP contribution in [0.25, 0.3) is 0 Å². The van der Waals surface area contributed by atoms with Gasteiger partial charge in [-0.15, -0.1) is 0 Å². The molecule has 0 aliphatic carbocycles. The van der Waals surface area contributed by atoms with Crippen LogP contribution < -0.4 is 14.8 Å². The summed E-state index contributed by atoms with van der Waals surface area (Å²) in [5.74, 6) is -0.839. The predicted octanol–water partition coefficient (Wildman–Crippen LogP) is 3.12. The van der Waals surface area contributed by atoms with Gasteiger partial charge in [0, 0.05) is 6.07 Å². The van der Waals surface area contributed by atoms with Gasteiger partial charge in [0.2, 0.25) is 0 Å². The number of nitrogens with zero attached hydrogens (tertiary/aromatic N) is 1. The van der Waals surface area contributed by atoms with Gasteiger partial charge >= 0.3 is 6.09 Å². The zero-order chi connectivity index (χ0) is 18.8. The lowest BCUT2D eigenvalue weighted by atomic mass is 10.1. The fraction of sp³-hybridized carbons (Fsp3) is 0.118. The first-order valence-corrected chi connectivity index (χ1v) is 7.72. The summed E-state index contributed by atoms with van der Waals surface area (Å²) in [6, 6.07) is 9.03. The largest absolute Gasteiger partial charge is 0.495 e. The van der Waals surface area contributed by atoms with Crippen LogP contribution in [0.5, 0.6) is 11.5 Å². The smallest absolute Gasteiger partial charge is 0.436 e. The normalized spacial score (nSPS) is 12.7. The minimum absolute atomic E-state index is 0.162. The first kappa shape index (κ1) is 17.6. The number of rotatable bonds is 4. The van der Waals surface area contributed by atoms with Gasteiger partial charge in [0.1, 0.15) is 11.5 Å². The van der Waals surface area contributed by atoms with Gasteiger partial charge in [0.05, 0.1) is 36.1 Å². The maximum absolute atomic E-state index is 12.2. The second kappa shape index (κ2) is 6.93. The third kappa shape index (κ3) is 3.02. The summed E-state index contributed by atoms with van der Waals surface area (Å²) in [6.07, 6.45) is -1.06. The number of anilines is 1. The number of imide groups is 1. The molecule has 0 fully saturated rings. The van der Waals surface area contributed by atoms with E-state index in [1.807, 2.05) is 0 Å². The van der Waals surface area contributed by atoms with Crippen molar-refractivity contribution in [2.45, 2.75) is 0 Å². The molecule has 1 aliphatic heterocycles. The molecule has 8 nitrogen and oxygen atoms in total. The third-order valence-corrected chi connectivity index (χ3v) is 3.94. The van der Waals surface area contributed by atoms with E-state index in [0.29, 0.717) is 10.8 Å². The highest BCUT2D eigenvalue weighted by Gasteiger charge is 2.38. The first-order valence-electron chi connectivity index (χ1n) is 7.34. The number of hydrogen-bond acceptors (Lipinski definition) is 6. The molecule has 0 spiro atoms. The molecular weight excluding hydrogens is 364 g/mol. The lowest BCUT2D eigenvalue weighted by molar-refractivity contribution is -0.0398. The van der Waals surface area contributed by atoms with Crippen LogP contribution in [0.2, 0.25) is 5.02 Å². The lowest BCUT2D eigenvalue weighted by Gasteiger charge is -2.15. The monoisotopic (exact) mass is 376 g/mol. The summed E-state index contributed by atoms with van der Waals surface area (Å²) in [4.78, 5) is 41.4. The van der Waals surface area contributed by atoms with Crippen LogP contribution in [0.3, 0.4) is 0 Å². The molecule has 0 radical (unpaired) electrons. The van der Waals surface area contributed by atoms with E-state index in [9.17, 15) is 14.4 Å². The van der Waals surface area contributed by atoms with Crippen molar-refractivity contribution in [3.05, 3.63) is 52.5 Å². The fourth-order valence-electron chi connectivity index (χ4n) is 2.42. The molecule has 2 aromatic rings. The van der Waals surface area contributed by atoms with Gasteiger partial charge in [-0.25, -0.2) is 4.79 Å². The molecule has 26 heavy (non-hydrogen) atoms. The zero-order valence-corrected chi connectivity index (χ0v) is 14.5. The zero-order valence-electron chi connectivity index (χ0n) is 13.7. The number of carbonyl (C=O) groups excluding carboxylic acids is 3. The second-order valence-corrected chi connectivity index (χ2v) is 5.55. The first-order chi connectivity index (χ1) is 12.5. The van der Waals surface area contributed by atoms with Crippen molar-refractivity contribution in [1.29, 1.82) is 0 Å².